The average molecular weight is 417 g/mol. The Morgan fingerprint density at radius 3 is 2.41 bits per heavy atom. The summed E-state index contributed by atoms with van der Waals surface area (Å²) in [5.74, 6) is 1.89. The maximum Gasteiger partial charge on any atom is 0.270 e. The monoisotopic (exact) mass is 416 g/mol. The number of nitrogens with zero attached hydrogens (tertiary/aromatic N) is 2. The number of carbonyl (C=O) groups excluding carboxylic acids is 1. The molecule has 3 rings (SSSR count). The number of methoxy groups -OCH3 is 2. The second kappa shape index (κ2) is 8.40. The van der Waals surface area contributed by atoms with Crippen molar-refractivity contribution in [1.82, 2.24) is 15.2 Å². The zero-order valence-corrected chi connectivity index (χ0v) is 17.2. The van der Waals surface area contributed by atoms with E-state index >= 15 is 0 Å². The molecule has 1 aromatic heterocycles. The van der Waals surface area contributed by atoms with Crippen LogP contribution in [0.4, 0.5) is 5.95 Å². The number of rotatable bonds is 7. The zero-order valence-electron chi connectivity index (χ0n) is 16.4. The Bertz CT molecular complexity index is 1000. The van der Waals surface area contributed by atoms with Crippen molar-refractivity contribution in [3.8, 4) is 28.6 Å². The van der Waals surface area contributed by atoms with Gasteiger partial charge in [-0.2, -0.15) is 4.98 Å². The number of benzene rings is 2. The molecule has 0 aliphatic carbocycles. The van der Waals surface area contributed by atoms with E-state index in [0.29, 0.717) is 33.7 Å². The normalized spacial score (nSPS) is 11.1. The Labute approximate surface area is 173 Å². The molecule has 9 heteroatoms. The van der Waals surface area contributed by atoms with Gasteiger partial charge in [0.25, 0.3) is 5.91 Å². The summed E-state index contributed by atoms with van der Waals surface area (Å²) in [7, 11) is 3.12. The van der Waals surface area contributed by atoms with E-state index in [2.05, 4.69) is 20.5 Å². The van der Waals surface area contributed by atoms with Crippen molar-refractivity contribution in [2.75, 3.05) is 19.5 Å². The van der Waals surface area contributed by atoms with Gasteiger partial charge < -0.3 is 14.2 Å². The summed E-state index contributed by atoms with van der Waals surface area (Å²) in [6, 6.07) is 12.1. The standard InChI is InChI=1S/C20H21ClN4O4/c1-20(2,29-13-7-5-12(21)6-8-13)18(26)23-19-22-17(24-25-19)15-10-9-14(27-3)11-16(15)28-4/h5-11H,1-4H3,(H2,22,23,24,25,26). The zero-order chi connectivity index (χ0) is 21.0. The Balaban J connectivity index is 1.74. The Morgan fingerprint density at radius 2 is 1.76 bits per heavy atom. The summed E-state index contributed by atoms with van der Waals surface area (Å²) in [5, 5.41) is 10.1. The first-order chi connectivity index (χ1) is 13.8. The maximum atomic E-state index is 12.7. The quantitative estimate of drug-likeness (QED) is 0.605. The van der Waals surface area contributed by atoms with Crippen molar-refractivity contribution in [2.24, 2.45) is 0 Å². The molecule has 8 nitrogen and oxygen atoms in total. The molecule has 0 aliphatic rings. The molecule has 0 saturated carbocycles. The smallest absolute Gasteiger partial charge is 0.270 e. The van der Waals surface area contributed by atoms with E-state index < -0.39 is 11.5 Å². The number of aromatic nitrogens is 3. The molecule has 2 N–H and O–H groups in total. The summed E-state index contributed by atoms with van der Waals surface area (Å²) in [4.78, 5) is 17.0. The Morgan fingerprint density at radius 1 is 1.07 bits per heavy atom. The van der Waals surface area contributed by atoms with Crippen LogP contribution in [0.25, 0.3) is 11.4 Å². The minimum Gasteiger partial charge on any atom is -0.497 e. The van der Waals surface area contributed by atoms with Crippen LogP contribution >= 0.6 is 11.6 Å². The molecule has 0 radical (unpaired) electrons. The molecule has 152 valence electrons. The molecule has 3 aromatic rings. The third kappa shape index (κ3) is 4.78. The predicted molar refractivity (Wildman–Crippen MR) is 110 cm³/mol. The highest BCUT2D eigenvalue weighted by Gasteiger charge is 2.31. The number of nitrogens with one attached hydrogen (secondary N) is 2. The number of H-pyrrole nitrogens is 1. The second-order valence-electron chi connectivity index (χ2n) is 6.59. The van der Waals surface area contributed by atoms with Gasteiger partial charge in [-0.05, 0) is 50.2 Å². The highest BCUT2D eigenvalue weighted by molar-refractivity contribution is 6.30. The van der Waals surface area contributed by atoms with Gasteiger partial charge in [0.15, 0.2) is 11.4 Å². The lowest BCUT2D eigenvalue weighted by atomic mass is 10.1. The van der Waals surface area contributed by atoms with Crippen LogP contribution in [-0.4, -0.2) is 40.9 Å². The van der Waals surface area contributed by atoms with Gasteiger partial charge in [0.1, 0.15) is 17.2 Å². The molecule has 29 heavy (non-hydrogen) atoms. The van der Waals surface area contributed by atoms with Gasteiger partial charge in [-0.3, -0.25) is 15.2 Å². The first-order valence-corrected chi connectivity index (χ1v) is 9.11. The van der Waals surface area contributed by atoms with E-state index in [0.717, 1.165) is 0 Å². The van der Waals surface area contributed by atoms with Gasteiger partial charge >= 0.3 is 0 Å². The lowest BCUT2D eigenvalue weighted by Crippen LogP contribution is -2.42. The van der Waals surface area contributed by atoms with Crippen LogP contribution in [0.5, 0.6) is 17.2 Å². The van der Waals surface area contributed by atoms with E-state index in [4.69, 9.17) is 25.8 Å². The molecular weight excluding hydrogens is 396 g/mol. The number of hydrogen-bond acceptors (Lipinski definition) is 6. The number of ether oxygens (including phenoxy) is 3. The number of anilines is 1. The molecule has 1 amide bonds. The third-order valence-corrected chi connectivity index (χ3v) is 4.36. The van der Waals surface area contributed by atoms with Crippen molar-refractivity contribution < 1.29 is 19.0 Å². The molecule has 0 bridgehead atoms. The van der Waals surface area contributed by atoms with Crippen molar-refractivity contribution in [1.29, 1.82) is 0 Å². The van der Waals surface area contributed by atoms with Crippen LogP contribution < -0.4 is 19.5 Å². The van der Waals surface area contributed by atoms with Crippen molar-refractivity contribution in [2.45, 2.75) is 19.4 Å². The summed E-state index contributed by atoms with van der Waals surface area (Å²) in [6.07, 6.45) is 0. The first-order valence-electron chi connectivity index (χ1n) is 8.73. The molecule has 0 saturated heterocycles. The maximum absolute atomic E-state index is 12.7. The fraction of sp³-hybridized carbons (Fsp3) is 0.250. The molecule has 0 unspecified atom stereocenters. The summed E-state index contributed by atoms with van der Waals surface area (Å²) >= 11 is 5.87. The van der Waals surface area contributed by atoms with Crippen LogP contribution in [0, 0.1) is 0 Å². The number of carbonyl (C=O) groups is 1. The Kier molecular flexibility index (Phi) is 5.93. The van der Waals surface area contributed by atoms with Crippen LogP contribution in [0.3, 0.4) is 0 Å². The van der Waals surface area contributed by atoms with Crippen molar-refractivity contribution in [3.63, 3.8) is 0 Å². The molecule has 0 aliphatic heterocycles. The Hall–Kier alpha value is -3.26. The van der Waals surface area contributed by atoms with E-state index in [1.807, 2.05) is 0 Å². The van der Waals surface area contributed by atoms with Gasteiger partial charge in [-0.25, -0.2) is 0 Å². The van der Waals surface area contributed by atoms with Crippen molar-refractivity contribution in [3.05, 3.63) is 47.5 Å². The topological polar surface area (TPSA) is 98.4 Å². The summed E-state index contributed by atoms with van der Waals surface area (Å²) < 4.78 is 16.3. The van der Waals surface area contributed by atoms with Crippen molar-refractivity contribution >= 4 is 23.5 Å². The van der Waals surface area contributed by atoms with Gasteiger partial charge in [-0.1, -0.05) is 11.6 Å². The predicted octanol–water partition coefficient (Wildman–Crippen LogP) is 3.94. The molecule has 1 heterocycles. The fourth-order valence-electron chi connectivity index (χ4n) is 2.53. The van der Waals surface area contributed by atoms with E-state index in [9.17, 15) is 4.79 Å². The molecule has 0 spiro atoms. The van der Waals surface area contributed by atoms with E-state index in [1.165, 1.54) is 0 Å². The molecule has 0 atom stereocenters. The number of halogens is 1. The van der Waals surface area contributed by atoms with Gasteiger partial charge in [0.05, 0.1) is 19.8 Å². The lowest BCUT2D eigenvalue weighted by molar-refractivity contribution is -0.128. The lowest BCUT2D eigenvalue weighted by Gasteiger charge is -2.24. The van der Waals surface area contributed by atoms with Gasteiger partial charge in [0, 0.05) is 11.1 Å². The minimum atomic E-state index is -1.16. The van der Waals surface area contributed by atoms with E-state index in [1.54, 1.807) is 70.5 Å². The molecule has 2 aromatic carbocycles. The van der Waals surface area contributed by atoms with Gasteiger partial charge in [-0.15, -0.1) is 5.10 Å². The number of aromatic amines is 1. The largest absolute Gasteiger partial charge is 0.497 e. The highest BCUT2D eigenvalue weighted by atomic mass is 35.5. The number of hydrogen-bond donors (Lipinski definition) is 2. The number of amides is 1. The fourth-order valence-corrected chi connectivity index (χ4v) is 2.65. The summed E-state index contributed by atoms with van der Waals surface area (Å²) in [6.45, 7) is 3.30. The van der Waals surface area contributed by atoms with Crippen LogP contribution in [0.15, 0.2) is 42.5 Å². The first kappa shape index (κ1) is 20.5. The minimum absolute atomic E-state index is 0.121. The molecular formula is C20H21ClN4O4. The SMILES string of the molecule is COc1ccc(-c2nc(NC(=O)C(C)(C)Oc3ccc(Cl)cc3)n[nH]2)c(OC)c1. The molecule has 0 fully saturated rings. The van der Waals surface area contributed by atoms with Crippen LogP contribution in [0.1, 0.15) is 13.8 Å². The van der Waals surface area contributed by atoms with Gasteiger partial charge in [0.2, 0.25) is 5.95 Å². The highest BCUT2D eigenvalue weighted by Crippen LogP contribution is 2.31. The average Bonchev–Trinajstić information content (AvgIpc) is 3.17. The summed E-state index contributed by atoms with van der Waals surface area (Å²) in [5.41, 5.74) is -0.482. The van der Waals surface area contributed by atoms with E-state index in [-0.39, 0.29) is 5.95 Å². The van der Waals surface area contributed by atoms with Crippen LogP contribution in [0.2, 0.25) is 5.02 Å². The second-order valence-corrected chi connectivity index (χ2v) is 7.03. The van der Waals surface area contributed by atoms with Crippen LogP contribution in [-0.2, 0) is 4.79 Å². The third-order valence-electron chi connectivity index (χ3n) is 4.11.